The summed E-state index contributed by atoms with van der Waals surface area (Å²) in [4.78, 5) is 25.6. The van der Waals surface area contributed by atoms with Crippen molar-refractivity contribution in [2.24, 2.45) is 11.7 Å². The van der Waals surface area contributed by atoms with Crippen LogP contribution in [0.3, 0.4) is 0 Å². The highest BCUT2D eigenvalue weighted by Gasteiger charge is 2.21. The molecule has 0 fully saturated rings. The van der Waals surface area contributed by atoms with Crippen LogP contribution in [0, 0.1) is 19.8 Å². The maximum Gasteiger partial charge on any atom is 0.243 e. The Labute approximate surface area is 132 Å². The summed E-state index contributed by atoms with van der Waals surface area (Å²) in [7, 11) is 1.60. The average molecular weight is 305 g/mol. The first-order chi connectivity index (χ1) is 10.2. The van der Waals surface area contributed by atoms with Gasteiger partial charge >= 0.3 is 0 Å². The van der Waals surface area contributed by atoms with Gasteiger partial charge in [0.25, 0.3) is 0 Å². The summed E-state index contributed by atoms with van der Waals surface area (Å²) in [6.07, 6.45) is 0.613. The van der Waals surface area contributed by atoms with Crippen molar-refractivity contribution in [1.29, 1.82) is 0 Å². The van der Waals surface area contributed by atoms with Gasteiger partial charge in [-0.2, -0.15) is 0 Å². The molecule has 1 atom stereocenters. The van der Waals surface area contributed by atoms with Crippen molar-refractivity contribution < 1.29 is 9.59 Å². The van der Waals surface area contributed by atoms with Crippen LogP contribution in [0.15, 0.2) is 18.2 Å². The lowest BCUT2D eigenvalue weighted by Crippen LogP contribution is -2.45. The Bertz CT molecular complexity index is 541. The minimum absolute atomic E-state index is 0.00197. The fourth-order valence-corrected chi connectivity index (χ4v) is 2.26. The molecule has 1 aromatic carbocycles. The standard InChI is InChI=1S/C17H27N3O2/c1-11(2)9-14(18)17(22)20(5)10-16(21)19-15-8-6-7-12(3)13(15)4/h6-8,11,14H,9-10,18H2,1-5H3,(H,19,21)/t14-/m0/s1. The van der Waals surface area contributed by atoms with E-state index in [1.807, 2.05) is 45.9 Å². The molecule has 0 unspecified atom stereocenters. The van der Waals surface area contributed by atoms with Crippen molar-refractivity contribution in [2.45, 2.75) is 40.2 Å². The maximum absolute atomic E-state index is 12.1. The lowest BCUT2D eigenvalue weighted by Gasteiger charge is -2.22. The maximum atomic E-state index is 12.1. The first kappa shape index (κ1) is 18.2. The molecule has 0 bridgehead atoms. The normalized spacial score (nSPS) is 12.1. The van der Waals surface area contributed by atoms with Gasteiger partial charge in [-0.05, 0) is 43.4 Å². The van der Waals surface area contributed by atoms with E-state index in [2.05, 4.69) is 5.32 Å². The number of nitrogens with two attached hydrogens (primary N) is 1. The molecule has 3 N–H and O–H groups in total. The number of hydrogen-bond acceptors (Lipinski definition) is 3. The number of nitrogens with zero attached hydrogens (tertiary/aromatic N) is 1. The summed E-state index contributed by atoms with van der Waals surface area (Å²) in [6, 6.07) is 5.18. The number of carbonyl (C=O) groups is 2. The number of benzene rings is 1. The zero-order valence-corrected chi connectivity index (χ0v) is 14.1. The number of anilines is 1. The van der Waals surface area contributed by atoms with Crippen LogP contribution in [0.1, 0.15) is 31.4 Å². The van der Waals surface area contributed by atoms with Crippen molar-refractivity contribution in [3.8, 4) is 0 Å². The number of nitrogens with one attached hydrogen (secondary N) is 1. The highest BCUT2D eigenvalue weighted by Crippen LogP contribution is 2.17. The Kier molecular flexibility index (Phi) is 6.56. The van der Waals surface area contributed by atoms with Crippen LogP contribution in [-0.2, 0) is 9.59 Å². The van der Waals surface area contributed by atoms with Crippen molar-refractivity contribution in [3.05, 3.63) is 29.3 Å². The van der Waals surface area contributed by atoms with Gasteiger partial charge in [0.05, 0.1) is 12.6 Å². The molecule has 0 aliphatic carbocycles. The largest absolute Gasteiger partial charge is 0.335 e. The smallest absolute Gasteiger partial charge is 0.243 e. The molecule has 1 aromatic rings. The molecule has 122 valence electrons. The predicted octanol–water partition coefficient (Wildman–Crippen LogP) is 2.07. The first-order valence-corrected chi connectivity index (χ1v) is 7.59. The molecule has 0 radical (unpaired) electrons. The number of carbonyl (C=O) groups excluding carboxylic acids is 2. The molecule has 0 aliphatic heterocycles. The Morgan fingerprint density at radius 1 is 1.27 bits per heavy atom. The predicted molar refractivity (Wildman–Crippen MR) is 89.6 cm³/mol. The Morgan fingerprint density at radius 2 is 1.91 bits per heavy atom. The van der Waals surface area contributed by atoms with Gasteiger partial charge in [-0.1, -0.05) is 26.0 Å². The van der Waals surface area contributed by atoms with E-state index in [1.165, 1.54) is 4.90 Å². The SMILES string of the molecule is Cc1cccc(NC(=O)CN(C)C(=O)[C@@H](N)CC(C)C)c1C. The molecule has 22 heavy (non-hydrogen) atoms. The topological polar surface area (TPSA) is 75.4 Å². The monoisotopic (exact) mass is 305 g/mol. The average Bonchev–Trinajstić information content (AvgIpc) is 2.42. The van der Waals surface area contributed by atoms with E-state index in [-0.39, 0.29) is 18.4 Å². The fourth-order valence-electron chi connectivity index (χ4n) is 2.26. The molecular weight excluding hydrogens is 278 g/mol. The molecular formula is C17H27N3O2. The summed E-state index contributed by atoms with van der Waals surface area (Å²) >= 11 is 0. The lowest BCUT2D eigenvalue weighted by molar-refractivity contribution is -0.134. The molecule has 0 saturated carbocycles. The zero-order chi connectivity index (χ0) is 16.9. The molecule has 0 spiro atoms. The van der Waals surface area contributed by atoms with Crippen molar-refractivity contribution in [1.82, 2.24) is 4.90 Å². The molecule has 0 saturated heterocycles. The molecule has 0 aliphatic rings. The van der Waals surface area contributed by atoms with E-state index in [9.17, 15) is 9.59 Å². The Balaban J connectivity index is 2.61. The second-order valence-corrected chi connectivity index (χ2v) is 6.23. The molecule has 2 amide bonds. The van der Waals surface area contributed by atoms with Gasteiger partial charge in [0.2, 0.25) is 11.8 Å². The molecule has 5 heteroatoms. The van der Waals surface area contributed by atoms with Crippen LogP contribution in [0.25, 0.3) is 0 Å². The second-order valence-electron chi connectivity index (χ2n) is 6.23. The number of aryl methyl sites for hydroxylation is 1. The van der Waals surface area contributed by atoms with Crippen LogP contribution in [-0.4, -0.2) is 36.3 Å². The number of likely N-dealkylation sites (N-methyl/N-ethyl adjacent to an activating group) is 1. The summed E-state index contributed by atoms with van der Waals surface area (Å²) < 4.78 is 0. The molecule has 1 rings (SSSR count). The summed E-state index contributed by atoms with van der Waals surface area (Å²) in [5.74, 6) is -0.0813. The van der Waals surface area contributed by atoms with Gasteiger partial charge in [0.1, 0.15) is 0 Å². The summed E-state index contributed by atoms with van der Waals surface area (Å²) in [6.45, 7) is 7.97. The van der Waals surface area contributed by atoms with Gasteiger partial charge in [-0.3, -0.25) is 9.59 Å². The minimum atomic E-state index is -0.557. The number of amides is 2. The van der Waals surface area contributed by atoms with Crippen molar-refractivity contribution >= 4 is 17.5 Å². The van der Waals surface area contributed by atoms with Crippen LogP contribution in [0.4, 0.5) is 5.69 Å². The molecule has 0 heterocycles. The third-order valence-electron chi connectivity index (χ3n) is 3.68. The third kappa shape index (κ3) is 5.15. The van der Waals surface area contributed by atoms with Crippen molar-refractivity contribution in [3.63, 3.8) is 0 Å². The van der Waals surface area contributed by atoms with E-state index in [4.69, 9.17) is 5.73 Å². The third-order valence-corrected chi connectivity index (χ3v) is 3.68. The fraction of sp³-hybridized carbons (Fsp3) is 0.529. The van der Waals surface area contributed by atoms with E-state index in [0.29, 0.717) is 12.3 Å². The Hall–Kier alpha value is -1.88. The van der Waals surface area contributed by atoms with Crippen LogP contribution >= 0.6 is 0 Å². The molecule has 0 aromatic heterocycles. The van der Waals surface area contributed by atoms with Gasteiger partial charge < -0.3 is 16.0 Å². The second kappa shape index (κ2) is 7.94. The van der Waals surface area contributed by atoms with Gasteiger partial charge in [0, 0.05) is 12.7 Å². The minimum Gasteiger partial charge on any atom is -0.335 e. The van der Waals surface area contributed by atoms with E-state index in [1.54, 1.807) is 7.05 Å². The van der Waals surface area contributed by atoms with Crippen molar-refractivity contribution in [2.75, 3.05) is 18.9 Å². The summed E-state index contributed by atoms with van der Waals surface area (Å²) in [5.41, 5.74) is 8.78. The van der Waals surface area contributed by atoms with Crippen LogP contribution < -0.4 is 11.1 Å². The van der Waals surface area contributed by atoms with E-state index in [0.717, 1.165) is 16.8 Å². The highest BCUT2D eigenvalue weighted by atomic mass is 16.2. The quantitative estimate of drug-likeness (QED) is 0.845. The van der Waals surface area contributed by atoms with Crippen LogP contribution in [0.5, 0.6) is 0 Å². The van der Waals surface area contributed by atoms with E-state index < -0.39 is 6.04 Å². The number of hydrogen-bond donors (Lipinski definition) is 2. The van der Waals surface area contributed by atoms with Gasteiger partial charge in [0.15, 0.2) is 0 Å². The van der Waals surface area contributed by atoms with Gasteiger partial charge in [-0.25, -0.2) is 0 Å². The molecule has 5 nitrogen and oxygen atoms in total. The first-order valence-electron chi connectivity index (χ1n) is 7.59. The lowest BCUT2D eigenvalue weighted by atomic mass is 10.0. The zero-order valence-electron chi connectivity index (χ0n) is 14.1. The van der Waals surface area contributed by atoms with E-state index >= 15 is 0 Å². The van der Waals surface area contributed by atoms with Crippen LogP contribution in [0.2, 0.25) is 0 Å². The Morgan fingerprint density at radius 3 is 2.50 bits per heavy atom. The van der Waals surface area contributed by atoms with Gasteiger partial charge in [-0.15, -0.1) is 0 Å². The summed E-state index contributed by atoms with van der Waals surface area (Å²) in [5, 5.41) is 2.84. The number of rotatable bonds is 6. The highest BCUT2D eigenvalue weighted by molar-refractivity contribution is 5.95.